The Morgan fingerprint density at radius 1 is 0.173 bits per heavy atom. The lowest BCUT2D eigenvalue weighted by Gasteiger charge is -2.33. The molecule has 0 aromatic heterocycles. The van der Waals surface area contributed by atoms with Gasteiger partial charge in [0.05, 0.1) is 11.4 Å². The largest absolute Gasteiger partial charge is 0.310 e. The van der Waals surface area contributed by atoms with E-state index in [-0.39, 0.29) is 10.8 Å². The summed E-state index contributed by atoms with van der Waals surface area (Å²) >= 11 is 0. The zero-order valence-electron chi connectivity index (χ0n) is 60.3. The molecule has 4 heteroatoms. The number of anilines is 12. The predicted octanol–water partition coefficient (Wildman–Crippen LogP) is 28.1. The molecule has 0 radical (unpaired) electrons. The van der Waals surface area contributed by atoms with Crippen LogP contribution < -0.4 is 19.6 Å². The summed E-state index contributed by atoms with van der Waals surface area (Å²) in [4.78, 5) is 9.80. The summed E-state index contributed by atoms with van der Waals surface area (Å²) in [6.07, 6.45) is 0. The van der Waals surface area contributed by atoms with Crippen LogP contribution in [0.4, 0.5) is 68.2 Å². The first-order valence-corrected chi connectivity index (χ1v) is 36.4. The molecule has 0 saturated carbocycles. The van der Waals surface area contributed by atoms with Gasteiger partial charge in [0.15, 0.2) is 0 Å². The van der Waals surface area contributed by atoms with Gasteiger partial charge in [0.25, 0.3) is 0 Å². The summed E-state index contributed by atoms with van der Waals surface area (Å²) < 4.78 is 0. The molecule has 4 nitrogen and oxygen atoms in total. The van der Waals surface area contributed by atoms with Gasteiger partial charge in [0.2, 0.25) is 0 Å². The summed E-state index contributed by atoms with van der Waals surface area (Å²) in [5, 5.41) is 0. The smallest absolute Gasteiger partial charge is 0.0547 e. The molecule has 15 aromatic rings. The highest BCUT2D eigenvalue weighted by Crippen LogP contribution is 2.55. The second kappa shape index (κ2) is 26.5. The fraction of sp³-hybridized carbons (Fsp3) is 0.100. The van der Waals surface area contributed by atoms with Gasteiger partial charge in [-0.1, -0.05) is 268 Å². The summed E-state index contributed by atoms with van der Waals surface area (Å²) in [5.74, 6) is 0. The van der Waals surface area contributed by atoms with Crippen molar-refractivity contribution in [1.29, 1.82) is 0 Å². The topological polar surface area (TPSA) is 13.0 Å². The minimum atomic E-state index is -0.187. The number of hydrogen-bond donors (Lipinski definition) is 0. The van der Waals surface area contributed by atoms with Crippen LogP contribution in [0.5, 0.6) is 0 Å². The van der Waals surface area contributed by atoms with Gasteiger partial charge in [-0.25, -0.2) is 0 Å². The van der Waals surface area contributed by atoms with Gasteiger partial charge < -0.3 is 19.6 Å². The molecule has 0 saturated heterocycles. The number of hydrogen-bond acceptors (Lipinski definition) is 4. The van der Waals surface area contributed by atoms with E-state index in [0.29, 0.717) is 0 Å². The Kier molecular flexibility index (Phi) is 16.5. The van der Waals surface area contributed by atoms with Crippen LogP contribution in [0.2, 0.25) is 0 Å². The summed E-state index contributed by atoms with van der Waals surface area (Å²) in [6, 6.07) is 131. The highest BCUT2D eigenvalue weighted by molar-refractivity contribution is 6.00. The first-order chi connectivity index (χ1) is 50.7. The molecule has 502 valence electrons. The molecule has 104 heavy (non-hydrogen) atoms. The third-order valence-corrected chi connectivity index (χ3v) is 21.8. The quantitative estimate of drug-likeness (QED) is 0.0956. The van der Waals surface area contributed by atoms with E-state index in [1.54, 1.807) is 0 Å². The number of nitrogens with zero attached hydrogens (tertiary/aromatic N) is 4. The Morgan fingerprint density at radius 2 is 0.404 bits per heavy atom. The van der Waals surface area contributed by atoms with Gasteiger partial charge in [-0.15, -0.1) is 0 Å². The van der Waals surface area contributed by atoms with Crippen molar-refractivity contribution in [3.63, 3.8) is 0 Å². The Morgan fingerprint density at radius 3 is 0.712 bits per heavy atom. The van der Waals surface area contributed by atoms with Crippen molar-refractivity contribution in [3.05, 3.63) is 396 Å². The average molecular weight is 1340 g/mol. The maximum Gasteiger partial charge on any atom is 0.0547 e. The second-order valence-electron chi connectivity index (χ2n) is 29.3. The Labute approximate surface area is 613 Å². The van der Waals surface area contributed by atoms with E-state index in [2.05, 4.69) is 427 Å². The summed E-state index contributed by atoms with van der Waals surface area (Å²) in [6.45, 7) is 18.2. The molecule has 2 aliphatic carbocycles. The predicted molar refractivity (Wildman–Crippen MR) is 441 cm³/mol. The number of benzene rings is 15. The molecular formula is C100H82N4. The first-order valence-electron chi connectivity index (χ1n) is 36.4. The molecule has 2 aliphatic rings. The van der Waals surface area contributed by atoms with E-state index in [9.17, 15) is 0 Å². The van der Waals surface area contributed by atoms with Crippen LogP contribution in [0.1, 0.15) is 72.2 Å². The van der Waals surface area contributed by atoms with E-state index < -0.39 is 0 Å². The maximum atomic E-state index is 2.47. The summed E-state index contributed by atoms with van der Waals surface area (Å²) in [7, 11) is 0. The minimum Gasteiger partial charge on any atom is -0.310 e. The molecule has 0 N–H and O–H groups in total. The lowest BCUT2D eigenvalue weighted by atomic mass is 9.82. The third-order valence-electron chi connectivity index (χ3n) is 21.8. The van der Waals surface area contributed by atoms with E-state index in [1.807, 2.05) is 0 Å². The van der Waals surface area contributed by atoms with Crippen LogP contribution in [0.25, 0.3) is 66.8 Å². The highest BCUT2D eigenvalue weighted by atomic mass is 15.2. The SMILES string of the molecule is Cc1ccc(N(c2ccc(C)cc2)c2cc(-c3ccc(N(c4ccc(-c5ccccc5)cc4)c4ccc5c(c4)C(C)(C)c4ccccc4-5)cc3)c(N(c3ccc(C)cc3)c3ccc(C)cc3)cc2-c2ccc(N(c3ccc(-c4ccccc4)cc3)c3ccc4c(c3)C(C)(C)c3ccccc3-4)cc2)cc1. The van der Waals surface area contributed by atoms with Gasteiger partial charge in [0, 0.05) is 78.8 Å². The lowest BCUT2D eigenvalue weighted by molar-refractivity contribution is 0.660. The zero-order chi connectivity index (χ0) is 70.8. The molecule has 0 spiro atoms. The average Bonchev–Trinajstić information content (AvgIpc) is 1.32. The molecule has 0 bridgehead atoms. The van der Waals surface area contributed by atoms with Crippen molar-refractivity contribution in [2.24, 2.45) is 0 Å². The number of fused-ring (bicyclic) bond motifs is 6. The van der Waals surface area contributed by atoms with Crippen LogP contribution in [-0.2, 0) is 10.8 Å². The number of rotatable bonds is 16. The van der Waals surface area contributed by atoms with Crippen LogP contribution in [-0.4, -0.2) is 0 Å². The van der Waals surface area contributed by atoms with Gasteiger partial charge >= 0.3 is 0 Å². The van der Waals surface area contributed by atoms with Crippen molar-refractivity contribution in [2.45, 2.75) is 66.2 Å². The Balaban J connectivity index is 0.874. The second-order valence-corrected chi connectivity index (χ2v) is 29.3. The van der Waals surface area contributed by atoms with Crippen molar-refractivity contribution >= 4 is 68.2 Å². The van der Waals surface area contributed by atoms with Crippen molar-refractivity contribution in [2.75, 3.05) is 19.6 Å². The fourth-order valence-electron chi connectivity index (χ4n) is 16.0. The third kappa shape index (κ3) is 11.8. The van der Waals surface area contributed by atoms with E-state index in [1.165, 1.54) is 89.0 Å². The van der Waals surface area contributed by atoms with Crippen molar-refractivity contribution in [3.8, 4) is 66.8 Å². The fourth-order valence-corrected chi connectivity index (χ4v) is 16.0. The molecule has 0 unspecified atom stereocenters. The maximum absolute atomic E-state index is 2.47. The lowest BCUT2D eigenvalue weighted by Crippen LogP contribution is -2.16. The monoisotopic (exact) mass is 1340 g/mol. The minimum absolute atomic E-state index is 0.187. The van der Waals surface area contributed by atoms with Gasteiger partial charge in [-0.05, 0) is 239 Å². The standard InChI is InChI=1S/C100H82N4/c1-67-27-43-81(44-28-67)103(82-45-29-68(2)30-46-82)97-65-92(76-41-57-80(58-42-76)102(78-53-37-74(38-54-78)72-21-13-10-14-22-72)86-60-62-90-88-24-16-18-26-94(88)100(7,8)96(90)64-86)98(104(83-47-31-69(3)32-48-83)84-49-33-70(4)34-50-84)66-91(97)75-39-55-79(56-40-75)101(77-51-35-73(36-52-77)71-19-11-9-12-20-71)85-59-61-89-87-23-15-17-25-93(87)99(5,6)95(89)63-85/h9-66H,1-8H3. The molecule has 0 atom stereocenters. The number of aryl methyl sites for hydroxylation is 4. The van der Waals surface area contributed by atoms with Gasteiger partial charge in [0.1, 0.15) is 0 Å². The van der Waals surface area contributed by atoms with Crippen LogP contribution in [0.3, 0.4) is 0 Å². The van der Waals surface area contributed by atoms with Crippen LogP contribution in [0, 0.1) is 27.7 Å². The first kappa shape index (κ1) is 64.8. The molecule has 15 aromatic carbocycles. The van der Waals surface area contributed by atoms with E-state index in [4.69, 9.17) is 0 Å². The molecule has 0 fully saturated rings. The summed E-state index contributed by atoms with van der Waals surface area (Å²) in [5.41, 5.74) is 36.8. The van der Waals surface area contributed by atoms with Crippen molar-refractivity contribution in [1.82, 2.24) is 0 Å². The van der Waals surface area contributed by atoms with Gasteiger partial charge in [-0.3, -0.25) is 0 Å². The highest BCUT2D eigenvalue weighted by Gasteiger charge is 2.38. The van der Waals surface area contributed by atoms with Gasteiger partial charge in [-0.2, -0.15) is 0 Å². The molecule has 0 heterocycles. The zero-order valence-corrected chi connectivity index (χ0v) is 60.3. The molecular weight excluding hydrogens is 1260 g/mol. The Hall–Kier alpha value is -12.5. The molecule has 0 aliphatic heterocycles. The Bertz CT molecular complexity index is 5200. The molecule has 17 rings (SSSR count). The van der Waals surface area contributed by atoms with E-state index >= 15 is 0 Å². The van der Waals surface area contributed by atoms with E-state index in [0.717, 1.165) is 90.5 Å². The van der Waals surface area contributed by atoms with Crippen molar-refractivity contribution < 1.29 is 0 Å². The van der Waals surface area contributed by atoms with Crippen LogP contribution >= 0.6 is 0 Å². The molecule has 0 amide bonds. The van der Waals surface area contributed by atoms with Crippen LogP contribution in [0.15, 0.2) is 352 Å². The normalized spacial score (nSPS) is 12.8.